The lowest BCUT2D eigenvalue weighted by Gasteiger charge is -2.10. The molecule has 0 saturated heterocycles. The number of aliphatic hydroxyl groups excluding tert-OH is 1. The Kier molecular flexibility index (Phi) is 3.82. The predicted octanol–water partition coefficient (Wildman–Crippen LogP) is 1.68. The molecule has 100 valence electrons. The van der Waals surface area contributed by atoms with Crippen molar-refractivity contribution < 1.29 is 13.5 Å². The van der Waals surface area contributed by atoms with Crippen molar-refractivity contribution in [1.82, 2.24) is 4.98 Å². The van der Waals surface area contributed by atoms with E-state index >= 15 is 0 Å². The molecular weight excluding hydrogens is 264 g/mol. The number of nitrogens with zero attached hydrogens (tertiary/aromatic N) is 1. The number of rotatable bonds is 4. The van der Waals surface area contributed by atoms with Gasteiger partial charge in [0.2, 0.25) is 0 Å². The minimum Gasteiger partial charge on any atom is -0.392 e. The summed E-state index contributed by atoms with van der Waals surface area (Å²) in [6, 6.07) is 7.69. The number of hydrogen-bond donors (Lipinski definition) is 2. The highest BCUT2D eigenvalue weighted by molar-refractivity contribution is 7.92. The van der Waals surface area contributed by atoms with E-state index in [1.54, 1.807) is 31.3 Å². The van der Waals surface area contributed by atoms with Crippen molar-refractivity contribution >= 4 is 15.7 Å². The number of pyridine rings is 1. The van der Waals surface area contributed by atoms with Gasteiger partial charge < -0.3 is 5.11 Å². The highest BCUT2D eigenvalue weighted by Gasteiger charge is 2.14. The van der Waals surface area contributed by atoms with Gasteiger partial charge in [-0.15, -0.1) is 0 Å². The van der Waals surface area contributed by atoms with Gasteiger partial charge in [0.05, 0.1) is 17.2 Å². The SMILES string of the molecule is Cc1cnccc1NS(=O)(=O)c1ccc(CO)cc1. The lowest BCUT2D eigenvalue weighted by atomic mass is 10.2. The second kappa shape index (κ2) is 5.38. The van der Waals surface area contributed by atoms with Crippen LogP contribution in [0.3, 0.4) is 0 Å². The van der Waals surface area contributed by atoms with Crippen molar-refractivity contribution in [1.29, 1.82) is 0 Å². The van der Waals surface area contributed by atoms with E-state index in [0.717, 1.165) is 5.56 Å². The summed E-state index contributed by atoms with van der Waals surface area (Å²) in [7, 11) is -3.62. The van der Waals surface area contributed by atoms with Crippen LogP contribution < -0.4 is 4.72 Å². The third kappa shape index (κ3) is 3.10. The first-order chi connectivity index (χ1) is 9.03. The van der Waals surface area contributed by atoms with E-state index in [9.17, 15) is 8.42 Å². The zero-order valence-electron chi connectivity index (χ0n) is 10.4. The number of aromatic nitrogens is 1. The summed E-state index contributed by atoms with van der Waals surface area (Å²) in [5.74, 6) is 0. The van der Waals surface area contributed by atoms with Gasteiger partial charge >= 0.3 is 0 Å². The Labute approximate surface area is 112 Å². The Morgan fingerprint density at radius 3 is 2.47 bits per heavy atom. The number of hydrogen-bond acceptors (Lipinski definition) is 4. The second-order valence-electron chi connectivity index (χ2n) is 4.10. The van der Waals surface area contributed by atoms with Crippen molar-refractivity contribution in [3.8, 4) is 0 Å². The van der Waals surface area contributed by atoms with Crippen LogP contribution in [0, 0.1) is 6.92 Å². The molecule has 0 spiro atoms. The average molecular weight is 278 g/mol. The molecule has 0 atom stereocenters. The largest absolute Gasteiger partial charge is 0.392 e. The fourth-order valence-electron chi connectivity index (χ4n) is 1.57. The Hall–Kier alpha value is -1.92. The molecule has 2 N–H and O–H groups in total. The number of anilines is 1. The van der Waals surface area contributed by atoms with E-state index in [1.165, 1.54) is 18.3 Å². The van der Waals surface area contributed by atoms with E-state index in [4.69, 9.17) is 5.11 Å². The fourth-order valence-corrected chi connectivity index (χ4v) is 2.70. The van der Waals surface area contributed by atoms with Crippen LogP contribution in [0.15, 0.2) is 47.6 Å². The molecule has 0 unspecified atom stereocenters. The first-order valence-corrected chi connectivity index (χ1v) is 7.14. The standard InChI is InChI=1S/C13H14N2O3S/c1-10-8-14-7-6-13(10)15-19(17,18)12-4-2-11(9-16)3-5-12/h2-8,16H,9H2,1H3,(H,14,15). The van der Waals surface area contributed by atoms with Gasteiger partial charge in [0.25, 0.3) is 10.0 Å². The summed E-state index contributed by atoms with van der Waals surface area (Å²) in [4.78, 5) is 4.06. The van der Waals surface area contributed by atoms with Crippen molar-refractivity contribution in [2.24, 2.45) is 0 Å². The first-order valence-electron chi connectivity index (χ1n) is 5.66. The Balaban J connectivity index is 2.30. The Morgan fingerprint density at radius 1 is 1.21 bits per heavy atom. The van der Waals surface area contributed by atoms with Crippen LogP contribution in [0.1, 0.15) is 11.1 Å². The number of nitrogens with one attached hydrogen (secondary N) is 1. The molecule has 2 rings (SSSR count). The van der Waals surface area contributed by atoms with E-state index in [-0.39, 0.29) is 11.5 Å². The van der Waals surface area contributed by atoms with Crippen molar-refractivity contribution in [3.63, 3.8) is 0 Å². The predicted molar refractivity (Wildman–Crippen MR) is 72.1 cm³/mol. The van der Waals surface area contributed by atoms with Crippen molar-refractivity contribution in [3.05, 3.63) is 53.9 Å². The summed E-state index contributed by atoms with van der Waals surface area (Å²) in [5.41, 5.74) is 1.92. The van der Waals surface area contributed by atoms with E-state index < -0.39 is 10.0 Å². The molecule has 0 aliphatic heterocycles. The van der Waals surface area contributed by atoms with Gasteiger partial charge in [-0.25, -0.2) is 8.42 Å². The normalized spacial score (nSPS) is 11.3. The number of benzene rings is 1. The van der Waals surface area contributed by atoms with Gasteiger partial charge in [0.15, 0.2) is 0 Å². The third-order valence-corrected chi connectivity index (χ3v) is 4.06. The maximum Gasteiger partial charge on any atom is 0.261 e. The average Bonchev–Trinajstić information content (AvgIpc) is 2.41. The van der Waals surface area contributed by atoms with Crippen LogP contribution in [-0.4, -0.2) is 18.5 Å². The molecule has 0 saturated carbocycles. The molecule has 1 aromatic carbocycles. The van der Waals surface area contributed by atoms with Gasteiger partial charge in [-0.2, -0.15) is 0 Å². The van der Waals surface area contributed by atoms with E-state index in [2.05, 4.69) is 9.71 Å². The molecule has 5 nitrogen and oxygen atoms in total. The van der Waals surface area contributed by atoms with Crippen molar-refractivity contribution in [2.45, 2.75) is 18.4 Å². The fraction of sp³-hybridized carbons (Fsp3) is 0.154. The topological polar surface area (TPSA) is 79.3 Å². The summed E-state index contributed by atoms with van der Waals surface area (Å²) in [6.07, 6.45) is 3.12. The third-order valence-electron chi connectivity index (χ3n) is 2.68. The Bertz CT molecular complexity index is 667. The van der Waals surface area contributed by atoms with Crippen LogP contribution in [0.4, 0.5) is 5.69 Å². The molecule has 0 aliphatic rings. The molecule has 19 heavy (non-hydrogen) atoms. The molecule has 0 radical (unpaired) electrons. The zero-order valence-corrected chi connectivity index (χ0v) is 11.2. The summed E-state index contributed by atoms with van der Waals surface area (Å²) in [6.45, 7) is 1.66. The van der Waals surface area contributed by atoms with Crippen LogP contribution in [0.2, 0.25) is 0 Å². The minimum absolute atomic E-state index is 0.114. The van der Waals surface area contributed by atoms with Gasteiger partial charge in [0, 0.05) is 12.4 Å². The van der Waals surface area contributed by atoms with Gasteiger partial charge in [0.1, 0.15) is 0 Å². The second-order valence-corrected chi connectivity index (χ2v) is 5.78. The quantitative estimate of drug-likeness (QED) is 0.892. The van der Waals surface area contributed by atoms with E-state index in [1.807, 2.05) is 0 Å². The molecule has 0 aliphatic carbocycles. The molecular formula is C13H14N2O3S. The number of aliphatic hydroxyl groups is 1. The number of aryl methyl sites for hydroxylation is 1. The summed E-state index contributed by atoms with van der Waals surface area (Å²) in [5, 5.41) is 8.93. The molecule has 2 aromatic rings. The van der Waals surface area contributed by atoms with Gasteiger partial charge in [-0.1, -0.05) is 12.1 Å². The van der Waals surface area contributed by atoms with Gasteiger partial charge in [-0.05, 0) is 36.2 Å². The molecule has 0 bridgehead atoms. The Morgan fingerprint density at radius 2 is 1.89 bits per heavy atom. The molecule has 0 fully saturated rings. The molecule has 0 amide bonds. The number of sulfonamides is 1. The van der Waals surface area contributed by atoms with Gasteiger partial charge in [-0.3, -0.25) is 9.71 Å². The van der Waals surface area contributed by atoms with Crippen LogP contribution >= 0.6 is 0 Å². The molecule has 1 aromatic heterocycles. The van der Waals surface area contributed by atoms with Crippen LogP contribution in [0.25, 0.3) is 0 Å². The highest BCUT2D eigenvalue weighted by atomic mass is 32.2. The summed E-state index contributed by atoms with van der Waals surface area (Å²) >= 11 is 0. The lowest BCUT2D eigenvalue weighted by Crippen LogP contribution is -2.13. The molecule has 1 heterocycles. The van der Waals surface area contributed by atoms with E-state index in [0.29, 0.717) is 11.3 Å². The highest BCUT2D eigenvalue weighted by Crippen LogP contribution is 2.18. The smallest absolute Gasteiger partial charge is 0.261 e. The monoisotopic (exact) mass is 278 g/mol. The zero-order chi connectivity index (χ0) is 13.9. The first kappa shape index (κ1) is 13.5. The lowest BCUT2D eigenvalue weighted by molar-refractivity contribution is 0.282. The van der Waals surface area contributed by atoms with Crippen LogP contribution in [-0.2, 0) is 16.6 Å². The van der Waals surface area contributed by atoms with Crippen molar-refractivity contribution in [2.75, 3.05) is 4.72 Å². The maximum atomic E-state index is 12.2. The maximum absolute atomic E-state index is 12.2. The minimum atomic E-state index is -3.62. The molecule has 6 heteroatoms. The summed E-state index contributed by atoms with van der Waals surface area (Å²) < 4.78 is 26.8. The van der Waals surface area contributed by atoms with Crippen LogP contribution in [0.5, 0.6) is 0 Å².